The van der Waals surface area contributed by atoms with Crippen LogP contribution in [-0.2, 0) is 6.54 Å². The van der Waals surface area contributed by atoms with Gasteiger partial charge in [-0.3, -0.25) is 0 Å². The van der Waals surface area contributed by atoms with E-state index in [0.29, 0.717) is 12.1 Å². The zero-order chi connectivity index (χ0) is 12.4. The van der Waals surface area contributed by atoms with Crippen molar-refractivity contribution in [3.8, 4) is 0 Å². The molecular formula is C13H16BrN3S. The maximum atomic E-state index is 4.15. The second-order valence-corrected chi connectivity index (χ2v) is 7.25. The van der Waals surface area contributed by atoms with Crippen molar-refractivity contribution in [3.05, 3.63) is 39.5 Å². The fourth-order valence-electron chi connectivity index (χ4n) is 2.68. The highest BCUT2D eigenvalue weighted by Crippen LogP contribution is 2.30. The van der Waals surface area contributed by atoms with Crippen molar-refractivity contribution in [2.75, 3.05) is 0 Å². The molecule has 2 atom stereocenters. The summed E-state index contributed by atoms with van der Waals surface area (Å²) in [5.41, 5.74) is 0. The first kappa shape index (κ1) is 12.4. The fraction of sp³-hybridized carbons (Fsp3) is 0.462. The molecule has 0 aliphatic heterocycles. The predicted octanol–water partition coefficient (Wildman–Crippen LogP) is 3.59. The Morgan fingerprint density at radius 2 is 2.39 bits per heavy atom. The number of rotatable bonds is 4. The second-order valence-electron chi connectivity index (χ2n) is 4.70. The van der Waals surface area contributed by atoms with Gasteiger partial charge in [-0.25, -0.2) is 4.98 Å². The summed E-state index contributed by atoms with van der Waals surface area (Å²) < 4.78 is 3.45. The highest BCUT2D eigenvalue weighted by Gasteiger charge is 2.27. The topological polar surface area (TPSA) is 29.9 Å². The molecule has 18 heavy (non-hydrogen) atoms. The molecule has 0 saturated heterocycles. The zero-order valence-corrected chi connectivity index (χ0v) is 12.5. The first-order chi connectivity index (χ1) is 8.83. The van der Waals surface area contributed by atoms with Gasteiger partial charge in [-0.05, 0) is 47.3 Å². The van der Waals surface area contributed by atoms with Gasteiger partial charge >= 0.3 is 0 Å². The molecule has 0 spiro atoms. The SMILES string of the molecule is Brc1ccc(CNC2CCCC2n2ccnc2)s1. The predicted molar refractivity (Wildman–Crippen MR) is 77.8 cm³/mol. The van der Waals surface area contributed by atoms with Gasteiger partial charge in [0.1, 0.15) is 0 Å². The minimum absolute atomic E-state index is 0.566. The Hall–Kier alpha value is -0.650. The average Bonchev–Trinajstić information content (AvgIpc) is 3.07. The molecule has 1 aliphatic carbocycles. The smallest absolute Gasteiger partial charge is 0.0949 e. The summed E-state index contributed by atoms with van der Waals surface area (Å²) >= 11 is 5.31. The molecule has 2 aromatic heterocycles. The molecule has 1 aliphatic rings. The van der Waals surface area contributed by atoms with Crippen LogP contribution >= 0.6 is 27.3 Å². The van der Waals surface area contributed by atoms with Crippen LogP contribution in [0.15, 0.2) is 34.6 Å². The van der Waals surface area contributed by atoms with Gasteiger partial charge in [0.2, 0.25) is 0 Å². The summed E-state index contributed by atoms with van der Waals surface area (Å²) in [7, 11) is 0. The maximum absolute atomic E-state index is 4.15. The van der Waals surface area contributed by atoms with E-state index in [1.54, 1.807) is 11.3 Å². The largest absolute Gasteiger partial charge is 0.333 e. The Morgan fingerprint density at radius 3 is 3.11 bits per heavy atom. The Bertz CT molecular complexity index is 494. The second kappa shape index (κ2) is 5.55. The quantitative estimate of drug-likeness (QED) is 0.930. The number of halogens is 1. The lowest BCUT2D eigenvalue weighted by Crippen LogP contribution is -2.32. The Kier molecular flexibility index (Phi) is 3.82. The van der Waals surface area contributed by atoms with Crippen LogP contribution in [-0.4, -0.2) is 15.6 Å². The number of thiophene rings is 1. The first-order valence-corrected chi connectivity index (χ1v) is 7.89. The minimum atomic E-state index is 0.566. The summed E-state index contributed by atoms with van der Waals surface area (Å²) in [4.78, 5) is 5.54. The van der Waals surface area contributed by atoms with Gasteiger partial charge in [0.15, 0.2) is 0 Å². The molecule has 0 aromatic carbocycles. The van der Waals surface area contributed by atoms with Crippen LogP contribution in [0.25, 0.3) is 0 Å². The van der Waals surface area contributed by atoms with Crippen LogP contribution < -0.4 is 5.32 Å². The lowest BCUT2D eigenvalue weighted by molar-refractivity contribution is 0.391. The summed E-state index contributed by atoms with van der Waals surface area (Å²) in [6, 6.07) is 5.43. The molecule has 3 nitrogen and oxygen atoms in total. The lowest BCUT2D eigenvalue weighted by atomic mass is 10.1. The van der Waals surface area contributed by atoms with Crippen molar-refractivity contribution in [2.24, 2.45) is 0 Å². The Morgan fingerprint density at radius 1 is 1.44 bits per heavy atom. The molecule has 1 saturated carbocycles. The number of hydrogen-bond donors (Lipinski definition) is 1. The van der Waals surface area contributed by atoms with E-state index in [1.807, 2.05) is 12.5 Å². The Labute approximate surface area is 119 Å². The van der Waals surface area contributed by atoms with E-state index < -0.39 is 0 Å². The molecule has 5 heteroatoms. The van der Waals surface area contributed by atoms with Crippen molar-refractivity contribution >= 4 is 27.3 Å². The summed E-state index contributed by atoms with van der Waals surface area (Å²) in [6.45, 7) is 0.964. The third-order valence-electron chi connectivity index (χ3n) is 3.55. The third-order valence-corrected chi connectivity index (χ3v) is 5.18. The van der Waals surface area contributed by atoms with Crippen molar-refractivity contribution in [1.29, 1.82) is 0 Å². The maximum Gasteiger partial charge on any atom is 0.0949 e. The van der Waals surface area contributed by atoms with Gasteiger partial charge in [-0.2, -0.15) is 0 Å². The van der Waals surface area contributed by atoms with Gasteiger partial charge in [-0.15, -0.1) is 11.3 Å². The van der Waals surface area contributed by atoms with E-state index in [4.69, 9.17) is 0 Å². The monoisotopic (exact) mass is 325 g/mol. The first-order valence-electron chi connectivity index (χ1n) is 6.28. The van der Waals surface area contributed by atoms with Crippen molar-refractivity contribution in [3.63, 3.8) is 0 Å². The molecule has 2 aromatic rings. The van der Waals surface area contributed by atoms with E-state index in [0.717, 1.165) is 6.54 Å². The van der Waals surface area contributed by atoms with E-state index in [9.17, 15) is 0 Å². The minimum Gasteiger partial charge on any atom is -0.333 e. The molecular weight excluding hydrogens is 310 g/mol. The fourth-order valence-corrected chi connectivity index (χ4v) is 4.11. The van der Waals surface area contributed by atoms with Gasteiger partial charge in [-0.1, -0.05) is 0 Å². The van der Waals surface area contributed by atoms with Crippen LogP contribution in [0, 0.1) is 0 Å². The van der Waals surface area contributed by atoms with Crippen molar-refractivity contribution in [1.82, 2.24) is 14.9 Å². The van der Waals surface area contributed by atoms with Gasteiger partial charge in [0.05, 0.1) is 10.1 Å². The van der Waals surface area contributed by atoms with Gasteiger partial charge < -0.3 is 9.88 Å². The summed E-state index contributed by atoms with van der Waals surface area (Å²) in [5.74, 6) is 0. The van der Waals surface area contributed by atoms with Crippen molar-refractivity contribution in [2.45, 2.75) is 37.9 Å². The standard InChI is InChI=1S/C13H16BrN3S/c14-13-5-4-10(18-13)8-16-11-2-1-3-12(11)17-7-6-15-9-17/h4-7,9,11-12,16H,1-3,8H2. The Balaban J connectivity index is 1.62. The number of aromatic nitrogens is 2. The third kappa shape index (κ3) is 2.68. The van der Waals surface area contributed by atoms with Gasteiger partial charge in [0, 0.05) is 35.9 Å². The highest BCUT2D eigenvalue weighted by molar-refractivity contribution is 9.11. The van der Waals surface area contributed by atoms with E-state index in [-0.39, 0.29) is 0 Å². The van der Waals surface area contributed by atoms with Crippen LogP contribution in [0.2, 0.25) is 0 Å². The molecule has 1 fully saturated rings. The number of nitrogens with one attached hydrogen (secondary N) is 1. The van der Waals surface area contributed by atoms with Crippen LogP contribution in [0.4, 0.5) is 0 Å². The molecule has 96 valence electrons. The summed E-state index contributed by atoms with van der Waals surface area (Å²) in [6.07, 6.45) is 9.69. The van der Waals surface area contributed by atoms with Crippen LogP contribution in [0.1, 0.15) is 30.2 Å². The average molecular weight is 326 g/mol. The number of hydrogen-bond acceptors (Lipinski definition) is 3. The highest BCUT2D eigenvalue weighted by atomic mass is 79.9. The molecule has 0 amide bonds. The van der Waals surface area contributed by atoms with E-state index in [1.165, 1.54) is 27.9 Å². The van der Waals surface area contributed by atoms with Crippen LogP contribution in [0.3, 0.4) is 0 Å². The molecule has 2 unspecified atom stereocenters. The number of nitrogens with zero attached hydrogens (tertiary/aromatic N) is 2. The molecule has 1 N–H and O–H groups in total. The van der Waals surface area contributed by atoms with E-state index in [2.05, 4.69) is 49.1 Å². The molecule has 3 rings (SSSR count). The molecule has 0 radical (unpaired) electrons. The zero-order valence-electron chi connectivity index (χ0n) is 10.1. The number of imidazole rings is 1. The van der Waals surface area contributed by atoms with Crippen molar-refractivity contribution < 1.29 is 0 Å². The normalized spacial score (nSPS) is 23.6. The molecule has 2 heterocycles. The van der Waals surface area contributed by atoms with E-state index >= 15 is 0 Å². The molecule has 0 bridgehead atoms. The lowest BCUT2D eigenvalue weighted by Gasteiger charge is -2.21. The summed E-state index contributed by atoms with van der Waals surface area (Å²) in [5, 5.41) is 3.69. The van der Waals surface area contributed by atoms with Crippen LogP contribution in [0.5, 0.6) is 0 Å². The van der Waals surface area contributed by atoms with Gasteiger partial charge in [0.25, 0.3) is 0 Å².